The Bertz CT molecular complexity index is 2700. The van der Waals surface area contributed by atoms with E-state index in [1.165, 1.54) is 11.1 Å². The van der Waals surface area contributed by atoms with Crippen molar-refractivity contribution in [1.29, 1.82) is 0 Å². The molecule has 2 aliphatic rings. The molecule has 0 saturated carbocycles. The molecule has 8 aromatic rings. The van der Waals surface area contributed by atoms with Gasteiger partial charge < -0.3 is 19.5 Å². The van der Waals surface area contributed by atoms with Crippen molar-refractivity contribution in [2.45, 2.75) is 6.23 Å². The van der Waals surface area contributed by atoms with Gasteiger partial charge in [0.05, 0.1) is 33.5 Å². The van der Waals surface area contributed by atoms with Crippen LogP contribution in [0.25, 0.3) is 67.0 Å². The van der Waals surface area contributed by atoms with Crippen LogP contribution in [0, 0.1) is 0 Å². The third-order valence-electron chi connectivity index (χ3n) is 10.1. The minimum atomic E-state index is -0.236. The van der Waals surface area contributed by atoms with Crippen molar-refractivity contribution in [2.24, 2.45) is 0 Å². The van der Waals surface area contributed by atoms with Gasteiger partial charge >= 0.3 is 0 Å². The van der Waals surface area contributed by atoms with E-state index in [0.29, 0.717) is 5.82 Å². The lowest BCUT2D eigenvalue weighted by atomic mass is 10.0. The summed E-state index contributed by atoms with van der Waals surface area (Å²) in [6.45, 7) is 0.900. The summed E-state index contributed by atoms with van der Waals surface area (Å²) in [5, 5.41) is 5.83. The number of allylic oxidation sites excluding steroid dienone is 2. The molecule has 53 heavy (non-hydrogen) atoms. The molecule has 0 aliphatic carbocycles. The lowest BCUT2D eigenvalue weighted by Gasteiger charge is -2.17. The summed E-state index contributed by atoms with van der Waals surface area (Å²) < 4.78 is 8.94. The summed E-state index contributed by atoms with van der Waals surface area (Å²) in [4.78, 5) is 16.5. The van der Waals surface area contributed by atoms with Crippen LogP contribution in [0.3, 0.4) is 0 Å². The molecule has 3 aromatic heterocycles. The summed E-state index contributed by atoms with van der Waals surface area (Å²) in [6, 6.07) is 46.4. The smallest absolute Gasteiger partial charge is 0.196 e. The van der Waals surface area contributed by atoms with Crippen LogP contribution in [-0.4, -0.2) is 38.0 Å². The Morgan fingerprint density at radius 1 is 0.679 bits per heavy atom. The molecular formula is C46H34N6O. The topological polar surface area (TPSA) is 68.1 Å². The highest BCUT2D eigenvalue weighted by Crippen LogP contribution is 2.47. The Balaban J connectivity index is 1.03. The SMILES string of the molecule is CN1C=CC(c2ccc(-c3cc(-c4ccc(-n5c6ccccc6c6c7c(ccc65)NC(c5ccccc5)O7)cc4)nc(-c4ccncc4)n3)cc2)=CC1. The maximum absolute atomic E-state index is 6.63. The lowest BCUT2D eigenvalue weighted by molar-refractivity contribution is 0.263. The van der Waals surface area contributed by atoms with Crippen LogP contribution in [0.1, 0.15) is 17.4 Å². The second-order valence-corrected chi connectivity index (χ2v) is 13.5. The van der Waals surface area contributed by atoms with Crippen LogP contribution in [0.2, 0.25) is 0 Å². The highest BCUT2D eigenvalue weighted by atomic mass is 16.5. The fraction of sp³-hybridized carbons (Fsp3) is 0.0652. The van der Waals surface area contributed by atoms with E-state index in [1.54, 1.807) is 12.4 Å². The number of nitrogens with zero attached hydrogens (tertiary/aromatic N) is 5. The molecule has 10 rings (SSSR count). The standard InChI is InChI=1S/C46H34N6O/c1-51-27-23-31(24-28-51)30-11-13-32(14-12-30)39-29-40(49-45(48-39)34-21-25-47-26-22-34)33-15-17-36(18-16-33)52-41-10-6-5-9-37(41)43-42(52)20-19-38-44(43)53-46(50-38)35-7-3-2-4-8-35/h2-27,29,46,50H,28H2,1H3. The molecule has 1 atom stereocenters. The first-order chi connectivity index (χ1) is 26.2. The number of benzene rings is 5. The average molecular weight is 687 g/mol. The molecule has 0 spiro atoms. The van der Waals surface area contributed by atoms with Crippen molar-refractivity contribution < 1.29 is 4.74 Å². The normalized spacial score (nSPS) is 14.9. The molecule has 0 bridgehead atoms. The molecule has 1 unspecified atom stereocenters. The second-order valence-electron chi connectivity index (χ2n) is 13.5. The van der Waals surface area contributed by atoms with Gasteiger partial charge in [-0.25, -0.2) is 9.97 Å². The molecule has 5 heterocycles. The van der Waals surface area contributed by atoms with Crippen molar-refractivity contribution in [1.82, 2.24) is 24.4 Å². The van der Waals surface area contributed by atoms with Gasteiger partial charge in [0.1, 0.15) is 0 Å². The molecule has 1 N–H and O–H groups in total. The van der Waals surface area contributed by atoms with Gasteiger partial charge in [0.25, 0.3) is 0 Å². The first-order valence-electron chi connectivity index (χ1n) is 17.8. The second kappa shape index (κ2) is 12.7. The first kappa shape index (κ1) is 30.8. The fourth-order valence-corrected chi connectivity index (χ4v) is 7.39. The summed E-state index contributed by atoms with van der Waals surface area (Å²) in [6.07, 6.45) is 9.85. The maximum atomic E-state index is 6.63. The number of likely N-dealkylation sites (N-methyl/N-ethyl adjacent to an activating group) is 1. The Hall–Kier alpha value is -6.99. The van der Waals surface area contributed by atoms with Crippen molar-refractivity contribution in [3.05, 3.63) is 175 Å². The number of fused-ring (bicyclic) bond motifs is 5. The number of para-hydroxylation sites is 1. The van der Waals surface area contributed by atoms with Crippen molar-refractivity contribution in [3.63, 3.8) is 0 Å². The molecule has 254 valence electrons. The number of hydrogen-bond donors (Lipinski definition) is 1. The zero-order chi connectivity index (χ0) is 35.3. The predicted octanol–water partition coefficient (Wildman–Crippen LogP) is 10.3. The molecule has 7 nitrogen and oxygen atoms in total. The first-order valence-corrected chi connectivity index (χ1v) is 17.8. The van der Waals surface area contributed by atoms with Crippen molar-refractivity contribution in [3.8, 4) is 45.3 Å². The summed E-state index contributed by atoms with van der Waals surface area (Å²) >= 11 is 0. The van der Waals surface area contributed by atoms with Gasteiger partial charge in [-0.2, -0.15) is 0 Å². The van der Waals surface area contributed by atoms with Gasteiger partial charge in [0, 0.05) is 59.3 Å². The maximum Gasteiger partial charge on any atom is 0.196 e. The minimum Gasteiger partial charge on any atom is -0.464 e. The number of hydrogen-bond acceptors (Lipinski definition) is 6. The molecule has 0 radical (unpaired) electrons. The Kier molecular flexibility index (Phi) is 7.35. The quantitative estimate of drug-likeness (QED) is 0.188. The van der Waals surface area contributed by atoms with E-state index < -0.39 is 0 Å². The number of rotatable bonds is 6. The molecule has 2 aliphatic heterocycles. The average Bonchev–Trinajstić information content (AvgIpc) is 3.82. The number of pyridine rings is 1. The van der Waals surface area contributed by atoms with E-state index in [-0.39, 0.29) is 6.23 Å². The van der Waals surface area contributed by atoms with Gasteiger partial charge in [0.2, 0.25) is 0 Å². The Labute approximate surface area is 307 Å². The highest BCUT2D eigenvalue weighted by Gasteiger charge is 2.28. The molecule has 0 saturated heterocycles. The van der Waals surface area contributed by atoms with Crippen LogP contribution in [0.15, 0.2) is 164 Å². The van der Waals surface area contributed by atoms with Crippen LogP contribution in [0.4, 0.5) is 5.69 Å². The molecule has 0 fully saturated rings. The monoisotopic (exact) mass is 686 g/mol. The largest absolute Gasteiger partial charge is 0.464 e. The molecular weight excluding hydrogens is 653 g/mol. The molecule has 7 heteroatoms. The van der Waals surface area contributed by atoms with Gasteiger partial charge in [-0.3, -0.25) is 4.98 Å². The summed E-state index contributed by atoms with van der Waals surface area (Å²) in [5.41, 5.74) is 12.4. The fourth-order valence-electron chi connectivity index (χ4n) is 7.39. The van der Waals surface area contributed by atoms with E-state index in [2.05, 4.69) is 148 Å². The number of nitrogens with one attached hydrogen (secondary N) is 1. The van der Waals surface area contributed by atoms with E-state index in [0.717, 1.165) is 79.1 Å². The van der Waals surface area contributed by atoms with E-state index in [1.807, 2.05) is 30.3 Å². The van der Waals surface area contributed by atoms with E-state index >= 15 is 0 Å². The van der Waals surface area contributed by atoms with Crippen molar-refractivity contribution in [2.75, 3.05) is 18.9 Å². The van der Waals surface area contributed by atoms with Gasteiger partial charge in [-0.15, -0.1) is 0 Å². The van der Waals surface area contributed by atoms with Crippen molar-refractivity contribution >= 4 is 33.1 Å². The number of aromatic nitrogens is 4. The van der Waals surface area contributed by atoms with Gasteiger partial charge in [0.15, 0.2) is 17.8 Å². The third kappa shape index (κ3) is 5.50. The Morgan fingerprint density at radius 2 is 1.38 bits per heavy atom. The lowest BCUT2D eigenvalue weighted by Crippen LogP contribution is -2.13. The molecule has 5 aromatic carbocycles. The minimum absolute atomic E-state index is 0.236. The predicted molar refractivity (Wildman–Crippen MR) is 214 cm³/mol. The van der Waals surface area contributed by atoms with Gasteiger partial charge in [-0.05, 0) is 71.9 Å². The number of anilines is 1. The number of ether oxygens (including phenoxy) is 1. The summed E-state index contributed by atoms with van der Waals surface area (Å²) in [7, 11) is 2.08. The zero-order valence-electron chi connectivity index (χ0n) is 29.0. The third-order valence-corrected chi connectivity index (χ3v) is 10.1. The molecule has 0 amide bonds. The van der Waals surface area contributed by atoms with Crippen LogP contribution in [-0.2, 0) is 0 Å². The van der Waals surface area contributed by atoms with E-state index in [4.69, 9.17) is 14.7 Å². The van der Waals surface area contributed by atoms with Crippen LogP contribution >= 0.6 is 0 Å². The van der Waals surface area contributed by atoms with Gasteiger partial charge in [-0.1, -0.05) is 91.0 Å². The Morgan fingerprint density at radius 3 is 2.11 bits per heavy atom. The zero-order valence-corrected chi connectivity index (χ0v) is 29.0. The van der Waals surface area contributed by atoms with Crippen LogP contribution < -0.4 is 10.1 Å². The van der Waals surface area contributed by atoms with Crippen LogP contribution in [0.5, 0.6) is 5.75 Å². The highest BCUT2D eigenvalue weighted by molar-refractivity contribution is 6.14. The van der Waals surface area contributed by atoms with E-state index in [9.17, 15) is 0 Å². The summed E-state index contributed by atoms with van der Waals surface area (Å²) in [5.74, 6) is 1.54.